The predicted molar refractivity (Wildman–Crippen MR) is 90.0 cm³/mol. The number of likely N-dealkylation sites (N-methyl/N-ethyl adjacent to an activating group) is 1. The molecule has 0 aromatic heterocycles. The van der Waals surface area contributed by atoms with Gasteiger partial charge in [0.05, 0.1) is 6.54 Å². The molecule has 0 spiro atoms. The third kappa shape index (κ3) is 5.11. The summed E-state index contributed by atoms with van der Waals surface area (Å²) < 4.78 is 0. The van der Waals surface area contributed by atoms with Crippen molar-refractivity contribution in [1.82, 2.24) is 15.1 Å². The van der Waals surface area contributed by atoms with E-state index in [1.54, 1.807) is 0 Å². The molecule has 21 heavy (non-hydrogen) atoms. The van der Waals surface area contributed by atoms with Crippen LogP contribution in [0.2, 0.25) is 0 Å². The first kappa shape index (κ1) is 18.7. The minimum absolute atomic E-state index is 0. The Balaban J connectivity index is 0.00000220. The minimum atomic E-state index is 0. The smallest absolute Gasteiger partial charge is 0.237 e. The van der Waals surface area contributed by atoms with Gasteiger partial charge in [-0.3, -0.25) is 9.69 Å². The van der Waals surface area contributed by atoms with E-state index in [1.165, 1.54) is 38.5 Å². The molecular weight excluding hydrogens is 286 g/mol. The lowest BCUT2D eigenvalue weighted by Gasteiger charge is -2.37. The van der Waals surface area contributed by atoms with Gasteiger partial charge >= 0.3 is 0 Å². The fraction of sp³-hybridized carbons (Fsp3) is 0.938. The van der Waals surface area contributed by atoms with Gasteiger partial charge in [-0.05, 0) is 53.1 Å². The van der Waals surface area contributed by atoms with E-state index in [1.807, 2.05) is 7.05 Å². The third-order valence-corrected chi connectivity index (χ3v) is 4.84. The van der Waals surface area contributed by atoms with Crippen molar-refractivity contribution < 1.29 is 4.79 Å². The van der Waals surface area contributed by atoms with Crippen molar-refractivity contribution in [2.45, 2.75) is 70.5 Å². The van der Waals surface area contributed by atoms with Crippen LogP contribution in [0.25, 0.3) is 0 Å². The van der Waals surface area contributed by atoms with E-state index < -0.39 is 0 Å². The van der Waals surface area contributed by atoms with Crippen LogP contribution in [0.5, 0.6) is 0 Å². The van der Waals surface area contributed by atoms with Crippen LogP contribution in [0, 0.1) is 0 Å². The summed E-state index contributed by atoms with van der Waals surface area (Å²) in [5.74, 6) is 0.337. The van der Waals surface area contributed by atoms with Crippen molar-refractivity contribution in [2.24, 2.45) is 0 Å². The van der Waals surface area contributed by atoms with Gasteiger partial charge in [0.1, 0.15) is 0 Å². The third-order valence-electron chi connectivity index (χ3n) is 4.84. The number of hydrogen-bond acceptors (Lipinski definition) is 3. The van der Waals surface area contributed by atoms with Crippen molar-refractivity contribution in [3.63, 3.8) is 0 Å². The lowest BCUT2D eigenvalue weighted by Crippen LogP contribution is -2.51. The Labute approximate surface area is 136 Å². The second kappa shape index (κ2) is 8.96. The van der Waals surface area contributed by atoms with E-state index in [4.69, 9.17) is 0 Å². The van der Waals surface area contributed by atoms with E-state index in [0.29, 0.717) is 30.6 Å². The maximum absolute atomic E-state index is 12.7. The standard InChI is InChI=1S/C16H31N3O.ClH/c1-13(2)19(15-8-4-5-9-15)16(20)12-18-10-6-7-14(11-18)17-3;/h13-15,17H,4-12H2,1-3H3;1H. The van der Waals surface area contributed by atoms with Crippen molar-refractivity contribution in [3.05, 3.63) is 0 Å². The minimum Gasteiger partial charge on any atom is -0.336 e. The number of amides is 1. The van der Waals surface area contributed by atoms with Crippen molar-refractivity contribution in [3.8, 4) is 0 Å². The maximum Gasteiger partial charge on any atom is 0.237 e. The van der Waals surface area contributed by atoms with Gasteiger partial charge in [0.15, 0.2) is 0 Å². The average Bonchev–Trinajstić information content (AvgIpc) is 2.92. The summed E-state index contributed by atoms with van der Waals surface area (Å²) in [6, 6.07) is 1.37. The normalized spacial score (nSPS) is 24.1. The number of rotatable bonds is 5. The molecule has 0 aromatic carbocycles. The Morgan fingerprint density at radius 2 is 1.90 bits per heavy atom. The molecule has 1 saturated heterocycles. The van der Waals surface area contributed by atoms with Crippen LogP contribution in [0.3, 0.4) is 0 Å². The molecule has 1 saturated carbocycles. The van der Waals surface area contributed by atoms with Crippen LogP contribution in [0.15, 0.2) is 0 Å². The monoisotopic (exact) mass is 317 g/mol. The van der Waals surface area contributed by atoms with Gasteiger partial charge in [0, 0.05) is 24.7 Å². The van der Waals surface area contributed by atoms with Crippen molar-refractivity contribution >= 4 is 18.3 Å². The van der Waals surface area contributed by atoms with Crippen molar-refractivity contribution in [2.75, 3.05) is 26.7 Å². The summed E-state index contributed by atoms with van der Waals surface area (Å²) in [7, 11) is 2.02. The van der Waals surface area contributed by atoms with Gasteiger partial charge in [-0.2, -0.15) is 0 Å². The molecule has 124 valence electrons. The van der Waals surface area contributed by atoms with E-state index in [2.05, 4.69) is 29.0 Å². The van der Waals surface area contributed by atoms with Gasteiger partial charge in [0.2, 0.25) is 5.91 Å². The zero-order valence-corrected chi connectivity index (χ0v) is 14.6. The Morgan fingerprint density at radius 1 is 1.24 bits per heavy atom. The van der Waals surface area contributed by atoms with E-state index in [-0.39, 0.29) is 12.4 Å². The molecule has 2 aliphatic rings. The molecule has 0 radical (unpaired) electrons. The Morgan fingerprint density at radius 3 is 2.48 bits per heavy atom. The fourth-order valence-corrected chi connectivity index (χ4v) is 3.80. The SMILES string of the molecule is CNC1CCCN(CC(=O)N(C(C)C)C2CCCC2)C1.Cl. The number of likely N-dealkylation sites (tertiary alicyclic amines) is 1. The van der Waals surface area contributed by atoms with Crippen LogP contribution in [-0.4, -0.2) is 60.5 Å². The molecule has 1 aliphatic heterocycles. The number of hydrogen-bond donors (Lipinski definition) is 1. The van der Waals surface area contributed by atoms with Gasteiger partial charge in [-0.25, -0.2) is 0 Å². The van der Waals surface area contributed by atoms with Gasteiger partial charge in [-0.1, -0.05) is 12.8 Å². The number of carbonyl (C=O) groups is 1. The van der Waals surface area contributed by atoms with Gasteiger partial charge < -0.3 is 10.2 Å². The molecular formula is C16H32ClN3O. The van der Waals surface area contributed by atoms with Crippen molar-refractivity contribution in [1.29, 1.82) is 0 Å². The Bertz CT molecular complexity index is 319. The van der Waals surface area contributed by atoms with Gasteiger partial charge in [-0.15, -0.1) is 12.4 Å². The molecule has 1 unspecified atom stereocenters. The predicted octanol–water partition coefficient (Wildman–Crippen LogP) is 2.27. The summed E-state index contributed by atoms with van der Waals surface area (Å²) in [5, 5.41) is 3.35. The highest BCUT2D eigenvalue weighted by Gasteiger charge is 2.30. The van der Waals surface area contributed by atoms with Crippen LogP contribution in [-0.2, 0) is 4.79 Å². The average molecular weight is 318 g/mol. The molecule has 0 bridgehead atoms. The summed E-state index contributed by atoms with van der Waals surface area (Å²) >= 11 is 0. The molecule has 4 nitrogen and oxygen atoms in total. The summed E-state index contributed by atoms with van der Waals surface area (Å²) in [4.78, 5) is 17.2. The van der Waals surface area contributed by atoms with Crippen LogP contribution < -0.4 is 5.32 Å². The molecule has 1 N–H and O–H groups in total. The second-order valence-corrected chi connectivity index (χ2v) is 6.70. The zero-order valence-electron chi connectivity index (χ0n) is 13.8. The van der Waals surface area contributed by atoms with E-state index in [0.717, 1.165) is 13.1 Å². The first-order valence-corrected chi connectivity index (χ1v) is 8.32. The highest BCUT2D eigenvalue weighted by atomic mass is 35.5. The fourth-order valence-electron chi connectivity index (χ4n) is 3.80. The van der Waals surface area contributed by atoms with Crippen LogP contribution >= 0.6 is 12.4 Å². The quantitative estimate of drug-likeness (QED) is 0.845. The molecule has 1 amide bonds. The summed E-state index contributed by atoms with van der Waals surface area (Å²) in [5.41, 5.74) is 0. The lowest BCUT2D eigenvalue weighted by atomic mass is 10.1. The Hall–Kier alpha value is -0.320. The number of piperidine rings is 1. The largest absolute Gasteiger partial charge is 0.336 e. The van der Waals surface area contributed by atoms with Gasteiger partial charge in [0.25, 0.3) is 0 Å². The van der Waals surface area contributed by atoms with Crippen LogP contribution in [0.1, 0.15) is 52.4 Å². The molecule has 2 rings (SSSR count). The number of nitrogens with one attached hydrogen (secondary N) is 1. The first-order valence-electron chi connectivity index (χ1n) is 8.32. The zero-order chi connectivity index (χ0) is 14.5. The summed E-state index contributed by atoms with van der Waals surface area (Å²) in [6.07, 6.45) is 7.40. The molecule has 1 heterocycles. The number of carbonyl (C=O) groups excluding carboxylic acids is 1. The number of halogens is 1. The molecule has 1 atom stereocenters. The highest BCUT2D eigenvalue weighted by molar-refractivity contribution is 5.85. The lowest BCUT2D eigenvalue weighted by molar-refractivity contribution is -0.137. The highest BCUT2D eigenvalue weighted by Crippen LogP contribution is 2.25. The summed E-state index contributed by atoms with van der Waals surface area (Å²) in [6.45, 7) is 7.00. The van der Waals surface area contributed by atoms with E-state index >= 15 is 0 Å². The van der Waals surface area contributed by atoms with Crippen LogP contribution in [0.4, 0.5) is 0 Å². The molecule has 5 heteroatoms. The molecule has 1 aliphatic carbocycles. The van der Waals surface area contributed by atoms with E-state index in [9.17, 15) is 4.79 Å². The first-order chi connectivity index (χ1) is 9.61. The topological polar surface area (TPSA) is 35.6 Å². The number of nitrogens with zero attached hydrogens (tertiary/aromatic N) is 2. The maximum atomic E-state index is 12.7. The second-order valence-electron chi connectivity index (χ2n) is 6.70. The Kier molecular flexibility index (Phi) is 7.99. The molecule has 0 aromatic rings. The molecule has 2 fully saturated rings.